The Morgan fingerprint density at radius 3 is 2.81 bits per heavy atom. The summed E-state index contributed by atoms with van der Waals surface area (Å²) in [6.07, 6.45) is 2.51. The van der Waals surface area contributed by atoms with Gasteiger partial charge in [-0.15, -0.1) is 0 Å². The molecule has 0 bridgehead atoms. The van der Waals surface area contributed by atoms with Gasteiger partial charge in [0.05, 0.1) is 67.3 Å². The van der Waals surface area contributed by atoms with Crippen molar-refractivity contribution in [2.45, 2.75) is 52.8 Å². The molecule has 226 valence electrons. The second kappa shape index (κ2) is 11.8. The summed E-state index contributed by atoms with van der Waals surface area (Å²) in [5, 5.41) is 1.14. The van der Waals surface area contributed by atoms with Crippen LogP contribution in [-0.4, -0.2) is 86.2 Å². The van der Waals surface area contributed by atoms with Crippen molar-refractivity contribution >= 4 is 38.5 Å². The number of halogens is 1. The summed E-state index contributed by atoms with van der Waals surface area (Å²) in [6.45, 7) is 14.9. The number of aromatic nitrogens is 2. The van der Waals surface area contributed by atoms with E-state index in [9.17, 15) is 4.79 Å². The van der Waals surface area contributed by atoms with Gasteiger partial charge in [-0.05, 0) is 37.1 Å². The van der Waals surface area contributed by atoms with Crippen LogP contribution in [0.2, 0.25) is 0 Å². The lowest BCUT2D eigenvalue weighted by atomic mass is 9.84. The van der Waals surface area contributed by atoms with Crippen LogP contribution in [0.3, 0.4) is 0 Å². The molecule has 0 amide bonds. The molecule has 3 aliphatic heterocycles. The molecule has 3 aromatic rings. The molecule has 0 unspecified atom stereocenters. The number of benzene rings is 1. The quantitative estimate of drug-likeness (QED) is 0.310. The van der Waals surface area contributed by atoms with E-state index in [4.69, 9.17) is 23.9 Å². The normalized spacial score (nSPS) is 19.9. The fraction of sp³-hybridized carbons (Fsp3) is 0.562. The van der Waals surface area contributed by atoms with Crippen LogP contribution in [0.15, 0.2) is 28.9 Å². The number of ether oxygens (including phenoxy) is 4. The average Bonchev–Trinajstić information content (AvgIpc) is 3.28. The number of pyridine rings is 1. The summed E-state index contributed by atoms with van der Waals surface area (Å²) in [6, 6.07) is 6.93. The van der Waals surface area contributed by atoms with Crippen molar-refractivity contribution in [1.82, 2.24) is 14.5 Å². The van der Waals surface area contributed by atoms with Gasteiger partial charge < -0.3 is 28.4 Å². The van der Waals surface area contributed by atoms with E-state index in [1.807, 2.05) is 6.20 Å². The highest BCUT2D eigenvalue weighted by Crippen LogP contribution is 2.46. The zero-order valence-corrected chi connectivity index (χ0v) is 26.8. The molecule has 0 N–H and O–H groups in total. The monoisotopic (exact) mass is 640 g/mol. The first kappa shape index (κ1) is 29.4. The topological polar surface area (TPSA) is 78.3 Å². The van der Waals surface area contributed by atoms with E-state index in [0.717, 1.165) is 89.7 Å². The van der Waals surface area contributed by atoms with Crippen molar-refractivity contribution in [3.8, 4) is 17.0 Å². The molecule has 0 saturated carbocycles. The summed E-state index contributed by atoms with van der Waals surface area (Å²) < 4.78 is 26.7. The molecule has 42 heavy (non-hydrogen) atoms. The number of morpholine rings is 1. The number of carbonyl (C=O) groups excluding carboxylic acids is 1. The Hall–Kier alpha value is -2.66. The van der Waals surface area contributed by atoms with Crippen molar-refractivity contribution in [3.63, 3.8) is 0 Å². The summed E-state index contributed by atoms with van der Waals surface area (Å²) in [5.41, 5.74) is 6.21. The number of esters is 1. The minimum absolute atomic E-state index is 0.198. The number of anilines is 1. The van der Waals surface area contributed by atoms with Crippen molar-refractivity contribution in [1.29, 1.82) is 0 Å². The van der Waals surface area contributed by atoms with E-state index in [1.165, 1.54) is 12.5 Å². The SMILES string of the molecule is CO[C@@H](C)c1ncc(N2CCN3CCOC[C@@H]3C2)cc1-c1c(CC(C)(C)COC(C)=O)c2cc(Br)cc3c2n1CCO3. The van der Waals surface area contributed by atoms with Crippen LogP contribution in [0.25, 0.3) is 22.2 Å². The summed E-state index contributed by atoms with van der Waals surface area (Å²) in [7, 11) is 1.73. The standard InChI is InChI=1S/C32H41BrN4O5/c1-20(39-5)29-26(14-23(16-34-29)36-7-6-35-8-10-40-18-24(35)17-36)30-27(15-32(3,4)19-42-21(2)38)25-12-22(33)13-28-31(25)37(30)9-11-41-28/h12-14,16,20,24H,6-11,15,17-19H2,1-5H3/t20-,24-/m0/s1. The van der Waals surface area contributed by atoms with Crippen LogP contribution in [0.5, 0.6) is 5.75 Å². The Morgan fingerprint density at radius 2 is 2.02 bits per heavy atom. The molecular formula is C32H41BrN4O5. The fourth-order valence-corrected chi connectivity index (χ4v) is 7.06. The molecule has 1 aromatic carbocycles. The van der Waals surface area contributed by atoms with Crippen molar-refractivity contribution < 1.29 is 23.7 Å². The third kappa shape index (κ3) is 5.66. The Morgan fingerprint density at radius 1 is 1.19 bits per heavy atom. The molecule has 9 nitrogen and oxygen atoms in total. The molecule has 2 aromatic heterocycles. The summed E-state index contributed by atoms with van der Waals surface area (Å²) in [5.74, 6) is 0.605. The summed E-state index contributed by atoms with van der Waals surface area (Å²) >= 11 is 3.73. The maximum Gasteiger partial charge on any atom is 0.302 e. The molecular weight excluding hydrogens is 600 g/mol. The van der Waals surface area contributed by atoms with Gasteiger partial charge in [-0.1, -0.05) is 29.8 Å². The number of hydrogen-bond acceptors (Lipinski definition) is 8. The fourth-order valence-electron chi connectivity index (χ4n) is 6.62. The van der Waals surface area contributed by atoms with Crippen LogP contribution < -0.4 is 9.64 Å². The van der Waals surface area contributed by atoms with Gasteiger partial charge in [0, 0.05) is 61.0 Å². The van der Waals surface area contributed by atoms with E-state index >= 15 is 0 Å². The highest BCUT2D eigenvalue weighted by atomic mass is 79.9. The Bertz CT molecular complexity index is 1490. The Kier molecular flexibility index (Phi) is 8.26. The molecule has 2 atom stereocenters. The molecule has 0 spiro atoms. The van der Waals surface area contributed by atoms with Gasteiger partial charge in [0.25, 0.3) is 0 Å². The Balaban J connectivity index is 1.52. The lowest BCUT2D eigenvalue weighted by Gasteiger charge is -2.44. The van der Waals surface area contributed by atoms with Crippen LogP contribution in [0.1, 0.15) is 45.1 Å². The number of fused-ring (bicyclic) bond motifs is 1. The van der Waals surface area contributed by atoms with Crippen LogP contribution in [-0.2, 0) is 32.0 Å². The molecule has 3 aliphatic rings. The molecule has 0 aliphatic carbocycles. The highest BCUT2D eigenvalue weighted by Gasteiger charge is 2.33. The second-order valence-electron chi connectivity index (χ2n) is 12.5. The zero-order chi connectivity index (χ0) is 29.6. The van der Waals surface area contributed by atoms with Gasteiger partial charge in [0.1, 0.15) is 12.4 Å². The first-order valence-corrected chi connectivity index (χ1v) is 15.6. The predicted octanol–water partition coefficient (Wildman–Crippen LogP) is 5.22. The second-order valence-corrected chi connectivity index (χ2v) is 13.4. The Labute approximate surface area is 256 Å². The third-order valence-electron chi connectivity index (χ3n) is 8.79. The smallest absolute Gasteiger partial charge is 0.302 e. The van der Waals surface area contributed by atoms with Crippen molar-refractivity contribution in [2.75, 3.05) is 64.6 Å². The number of nitrogens with zero attached hydrogens (tertiary/aromatic N) is 4. The third-order valence-corrected chi connectivity index (χ3v) is 9.24. The van der Waals surface area contributed by atoms with Gasteiger partial charge in [0.15, 0.2) is 0 Å². The number of methoxy groups -OCH3 is 1. The average molecular weight is 642 g/mol. The lowest BCUT2D eigenvalue weighted by molar-refractivity contribution is -0.143. The minimum Gasteiger partial charge on any atom is -0.489 e. The van der Waals surface area contributed by atoms with Crippen LogP contribution in [0, 0.1) is 5.41 Å². The van der Waals surface area contributed by atoms with Crippen molar-refractivity contribution in [2.24, 2.45) is 5.41 Å². The predicted molar refractivity (Wildman–Crippen MR) is 166 cm³/mol. The largest absolute Gasteiger partial charge is 0.489 e. The van der Waals surface area contributed by atoms with Gasteiger partial charge in [0.2, 0.25) is 0 Å². The molecule has 2 saturated heterocycles. The van der Waals surface area contributed by atoms with E-state index in [1.54, 1.807) is 7.11 Å². The number of hydrogen-bond donors (Lipinski definition) is 0. The molecule has 10 heteroatoms. The minimum atomic E-state index is -0.299. The van der Waals surface area contributed by atoms with Crippen LogP contribution >= 0.6 is 15.9 Å². The summed E-state index contributed by atoms with van der Waals surface area (Å²) in [4.78, 5) is 21.8. The maximum atomic E-state index is 11.7. The van der Waals surface area contributed by atoms with Gasteiger partial charge >= 0.3 is 5.97 Å². The molecule has 0 radical (unpaired) electrons. The van der Waals surface area contributed by atoms with Gasteiger partial charge in [-0.2, -0.15) is 0 Å². The number of rotatable bonds is 8. The molecule has 2 fully saturated rings. The first-order chi connectivity index (χ1) is 20.1. The molecule has 6 rings (SSSR count). The molecule has 5 heterocycles. The van der Waals surface area contributed by atoms with E-state index in [2.05, 4.69) is 69.3 Å². The van der Waals surface area contributed by atoms with Crippen molar-refractivity contribution in [3.05, 3.63) is 40.1 Å². The highest BCUT2D eigenvalue weighted by molar-refractivity contribution is 9.10. The zero-order valence-electron chi connectivity index (χ0n) is 25.2. The number of carbonyl (C=O) groups is 1. The van der Waals surface area contributed by atoms with Gasteiger partial charge in [-0.25, -0.2) is 0 Å². The first-order valence-electron chi connectivity index (χ1n) is 14.9. The van der Waals surface area contributed by atoms with E-state index in [0.29, 0.717) is 25.7 Å². The number of piperazine rings is 1. The maximum absolute atomic E-state index is 11.7. The van der Waals surface area contributed by atoms with E-state index < -0.39 is 0 Å². The van der Waals surface area contributed by atoms with E-state index in [-0.39, 0.29) is 17.5 Å². The van der Waals surface area contributed by atoms with Gasteiger partial charge in [-0.3, -0.25) is 14.7 Å². The lowest BCUT2D eigenvalue weighted by Crippen LogP contribution is -2.58. The van der Waals surface area contributed by atoms with Crippen LogP contribution in [0.4, 0.5) is 5.69 Å².